The molecule has 0 amide bonds. The Bertz CT molecular complexity index is 1470. The van der Waals surface area contributed by atoms with Gasteiger partial charge in [0.15, 0.2) is 0 Å². The van der Waals surface area contributed by atoms with Crippen molar-refractivity contribution in [3.8, 4) is 11.1 Å². The molecule has 0 aromatic heterocycles. The first-order chi connectivity index (χ1) is 20.3. The Hall–Kier alpha value is -1.33. The molecule has 44 heavy (non-hydrogen) atoms. The van der Waals surface area contributed by atoms with Crippen LogP contribution in [0.25, 0.3) is 11.1 Å². The number of hydrogen-bond donors (Lipinski definition) is 0. The Morgan fingerprint density at radius 3 is 1.64 bits per heavy atom. The van der Waals surface area contributed by atoms with Gasteiger partial charge in [0.1, 0.15) is 0 Å². The zero-order valence-corrected chi connectivity index (χ0v) is 33.6. The summed E-state index contributed by atoms with van der Waals surface area (Å²) in [4.78, 5) is 0. The van der Waals surface area contributed by atoms with Crippen LogP contribution in [0.3, 0.4) is 0 Å². The summed E-state index contributed by atoms with van der Waals surface area (Å²) in [5, 5.41) is 0. The number of rotatable bonds is 8. The summed E-state index contributed by atoms with van der Waals surface area (Å²) in [6.45, 7) is 34.1. The summed E-state index contributed by atoms with van der Waals surface area (Å²) in [6, 6.07) is 7.94. The molecular formula is C43H64Zr. The molecule has 0 unspecified atom stereocenters. The van der Waals surface area contributed by atoms with Crippen molar-refractivity contribution in [3.63, 3.8) is 0 Å². The minimum atomic E-state index is -2.45. The zero-order chi connectivity index (χ0) is 32.8. The van der Waals surface area contributed by atoms with Crippen molar-refractivity contribution in [2.45, 2.75) is 170 Å². The predicted octanol–water partition coefficient (Wildman–Crippen LogP) is 12.1. The number of unbranched alkanes of at least 4 members (excludes halogenated alkanes) is 2. The molecule has 0 atom stereocenters. The van der Waals surface area contributed by atoms with Crippen LogP contribution in [-0.4, -0.2) is 3.21 Å². The van der Waals surface area contributed by atoms with Crippen molar-refractivity contribution < 1.29 is 21.3 Å². The third kappa shape index (κ3) is 7.30. The third-order valence-corrected chi connectivity index (χ3v) is 17.9. The molecule has 2 aliphatic carbocycles. The monoisotopic (exact) mass is 670 g/mol. The molecule has 2 aromatic rings. The van der Waals surface area contributed by atoms with E-state index in [4.69, 9.17) is 0 Å². The minimum absolute atomic E-state index is 0.0803. The van der Waals surface area contributed by atoms with Gasteiger partial charge >= 0.3 is 282 Å². The van der Waals surface area contributed by atoms with E-state index in [9.17, 15) is 0 Å². The van der Waals surface area contributed by atoms with Gasteiger partial charge in [-0.2, -0.15) is 0 Å². The van der Waals surface area contributed by atoms with Crippen molar-refractivity contribution in [2.75, 3.05) is 0 Å². The topological polar surface area (TPSA) is 0 Å². The van der Waals surface area contributed by atoms with Crippen molar-refractivity contribution >= 4 is 6.48 Å². The van der Waals surface area contributed by atoms with Gasteiger partial charge in [0.25, 0.3) is 0 Å². The van der Waals surface area contributed by atoms with Gasteiger partial charge in [0.2, 0.25) is 0 Å². The van der Waals surface area contributed by atoms with Crippen LogP contribution in [0, 0.1) is 0 Å². The van der Waals surface area contributed by atoms with Crippen molar-refractivity contribution in [1.82, 2.24) is 0 Å². The first-order valence-electron chi connectivity index (χ1n) is 17.8. The molecule has 0 aliphatic heterocycles. The fourth-order valence-corrected chi connectivity index (χ4v) is 17.1. The molecule has 0 saturated carbocycles. The molecule has 2 aromatic carbocycles. The number of benzene rings is 2. The van der Waals surface area contributed by atoms with Crippen LogP contribution in [-0.2, 0) is 49.3 Å². The van der Waals surface area contributed by atoms with Gasteiger partial charge in [-0.25, -0.2) is 0 Å². The van der Waals surface area contributed by atoms with Gasteiger partial charge in [-0.15, -0.1) is 0 Å². The maximum atomic E-state index is 2.67. The normalized spacial score (nSPS) is 15.0. The quantitative estimate of drug-likeness (QED) is 0.224. The first kappa shape index (κ1) is 35.5. The fourth-order valence-electron chi connectivity index (χ4n) is 7.62. The van der Waals surface area contributed by atoms with Crippen molar-refractivity contribution in [1.29, 1.82) is 0 Å². The Morgan fingerprint density at radius 2 is 1.18 bits per heavy atom. The van der Waals surface area contributed by atoms with Crippen LogP contribution < -0.4 is 3.27 Å². The van der Waals surface area contributed by atoms with Gasteiger partial charge < -0.3 is 0 Å². The molecule has 1 heteroatoms. The number of allylic oxidation sites excluding steroid dienone is 4. The number of hydrogen-bond acceptors (Lipinski definition) is 0. The fraction of sp³-hybridized carbons (Fsp3) is 0.605. The van der Waals surface area contributed by atoms with E-state index >= 15 is 0 Å². The van der Waals surface area contributed by atoms with Gasteiger partial charge in [-0.3, -0.25) is 0 Å². The first-order valence-corrected chi connectivity index (χ1v) is 21.5. The molecule has 2 aliphatic rings. The third-order valence-electron chi connectivity index (χ3n) is 9.87. The molecular weight excluding hydrogens is 608 g/mol. The van der Waals surface area contributed by atoms with E-state index in [1.807, 2.05) is 9.76 Å². The Kier molecular flexibility index (Phi) is 10.5. The molecule has 0 fully saturated rings. The van der Waals surface area contributed by atoms with E-state index in [0.29, 0.717) is 0 Å². The van der Waals surface area contributed by atoms with Crippen LogP contribution in [0.5, 0.6) is 0 Å². The standard InChI is InChI=1S/C29H41.C9H18.C5H5.Zr/c1-26(2,3)22-14-18-13-19-15-23(27(4,5)6)25(29(10,11)12)17-21(19)20(18)16-24(22)28(7,8)9;1-3-5-7-9-8-6-4-2;1-2-4-5-3-1;/h14,16-17H,13H2,1-12H3;3-8H2,1-2H3;1-3H,4H2;. The second-order valence-electron chi connectivity index (χ2n) is 17.9. The van der Waals surface area contributed by atoms with E-state index in [-0.39, 0.29) is 21.7 Å². The van der Waals surface area contributed by atoms with Crippen LogP contribution in [0.1, 0.15) is 175 Å². The van der Waals surface area contributed by atoms with Crippen molar-refractivity contribution in [3.05, 3.63) is 73.1 Å². The summed E-state index contributed by atoms with van der Waals surface area (Å²) in [5.41, 5.74) is 13.1. The summed E-state index contributed by atoms with van der Waals surface area (Å²) < 4.78 is 5.66. The second kappa shape index (κ2) is 13.1. The Labute approximate surface area is 280 Å². The van der Waals surface area contributed by atoms with E-state index in [1.54, 1.807) is 27.8 Å². The molecule has 0 saturated heterocycles. The van der Waals surface area contributed by atoms with E-state index in [2.05, 4.69) is 133 Å². The van der Waals surface area contributed by atoms with E-state index in [1.165, 1.54) is 61.6 Å². The van der Waals surface area contributed by atoms with Crippen LogP contribution in [0.2, 0.25) is 0 Å². The van der Waals surface area contributed by atoms with Gasteiger partial charge in [0.05, 0.1) is 0 Å². The summed E-state index contributed by atoms with van der Waals surface area (Å²) in [7, 11) is 0. The molecule has 0 bridgehead atoms. The van der Waals surface area contributed by atoms with Crippen LogP contribution in [0.4, 0.5) is 0 Å². The van der Waals surface area contributed by atoms with Crippen molar-refractivity contribution in [2.24, 2.45) is 0 Å². The summed E-state index contributed by atoms with van der Waals surface area (Å²) in [6.07, 6.45) is 17.5. The van der Waals surface area contributed by atoms with Crippen LogP contribution in [0.15, 0.2) is 39.7 Å². The zero-order valence-electron chi connectivity index (χ0n) is 31.1. The molecule has 0 N–H and O–H groups in total. The van der Waals surface area contributed by atoms with Gasteiger partial charge in [-0.05, 0) is 0 Å². The molecule has 240 valence electrons. The summed E-state index contributed by atoms with van der Waals surface area (Å²) >= 11 is -2.45. The Morgan fingerprint density at radius 1 is 0.659 bits per heavy atom. The molecule has 0 nitrogen and oxygen atoms in total. The second-order valence-corrected chi connectivity index (χ2v) is 24.3. The molecule has 4 rings (SSSR count). The molecule has 0 radical (unpaired) electrons. The Balaban J connectivity index is 2.21. The average Bonchev–Trinajstić information content (AvgIpc) is 3.54. The molecule has 0 heterocycles. The summed E-state index contributed by atoms with van der Waals surface area (Å²) in [5.74, 6) is 0. The van der Waals surface area contributed by atoms with Crippen LogP contribution >= 0.6 is 0 Å². The number of fused-ring (bicyclic) bond motifs is 3. The SMILES string of the molecule is CCCC[C](CCCC)=[Zr]([C]1=CC=CC1)[c]1c2c(cc(C(C)(C)C)c1C(C)(C)C)-c1cc(C(C)(C)C)c(C(C)(C)C)cc1C2. The van der Waals surface area contributed by atoms with E-state index < -0.39 is 21.3 Å². The molecule has 0 spiro atoms. The predicted molar refractivity (Wildman–Crippen MR) is 195 cm³/mol. The average molecular weight is 672 g/mol. The maximum absolute atomic E-state index is 2.67. The van der Waals surface area contributed by atoms with E-state index in [0.717, 1.165) is 6.42 Å². The van der Waals surface area contributed by atoms with Gasteiger partial charge in [0, 0.05) is 0 Å². The van der Waals surface area contributed by atoms with Gasteiger partial charge in [-0.1, -0.05) is 0 Å².